The molecule has 1 atom stereocenters. The maximum absolute atomic E-state index is 12.2. The number of esters is 1. The van der Waals surface area contributed by atoms with Crippen molar-refractivity contribution in [1.82, 2.24) is 0 Å². The molecule has 136 valence electrons. The third kappa shape index (κ3) is 3.20. The largest absolute Gasteiger partial charge is 0.462 e. The van der Waals surface area contributed by atoms with Crippen molar-refractivity contribution in [3.63, 3.8) is 0 Å². The molecule has 26 heavy (non-hydrogen) atoms. The maximum atomic E-state index is 12.2. The Morgan fingerprint density at radius 3 is 2.54 bits per heavy atom. The monoisotopic (exact) mass is 361 g/mol. The number of fused-ring (bicyclic) bond motifs is 1. The number of non-ortho nitro benzene ring substituents is 1. The molecule has 1 aliphatic rings. The molecule has 0 aliphatic carbocycles. The van der Waals surface area contributed by atoms with Gasteiger partial charge in [-0.3, -0.25) is 10.1 Å². The molecule has 1 amide bonds. The molecular formula is C16H15N3O7. The molecule has 0 spiro atoms. The van der Waals surface area contributed by atoms with Crippen molar-refractivity contribution < 1.29 is 29.1 Å². The van der Waals surface area contributed by atoms with E-state index in [1.165, 1.54) is 13.0 Å². The van der Waals surface area contributed by atoms with Crippen LogP contribution in [0, 0.1) is 21.4 Å². The first-order chi connectivity index (χ1) is 12.4. The Hall–Kier alpha value is -3.45. The number of benzene rings is 1. The van der Waals surface area contributed by atoms with E-state index in [1.807, 2.05) is 0 Å². The lowest BCUT2D eigenvalue weighted by Gasteiger charge is -2.20. The van der Waals surface area contributed by atoms with Crippen molar-refractivity contribution in [2.45, 2.75) is 20.1 Å². The molecule has 1 aromatic carbocycles. The lowest BCUT2D eigenvalue weighted by atomic mass is 10.0. The van der Waals surface area contributed by atoms with Crippen LogP contribution in [0.5, 0.6) is 0 Å². The van der Waals surface area contributed by atoms with Crippen LogP contribution in [-0.4, -0.2) is 41.5 Å². The lowest BCUT2D eigenvalue weighted by Crippen LogP contribution is -2.38. The number of carbonyl (C=O) groups excluding carboxylic acids is 2. The predicted octanol–water partition coefficient (Wildman–Crippen LogP) is 1.73. The molecule has 0 bridgehead atoms. The van der Waals surface area contributed by atoms with E-state index in [0.717, 1.165) is 17.0 Å². The van der Waals surface area contributed by atoms with E-state index in [-0.39, 0.29) is 35.7 Å². The SMILES string of the molecule is CCOC(=O)/C(C#N)=C1/c2cc([N+](=O)[O-])ccc2N(C(=O)OCC)C1O. The quantitative estimate of drug-likeness (QED) is 0.281. The molecule has 0 aromatic heterocycles. The van der Waals surface area contributed by atoms with Crippen LogP contribution in [0.2, 0.25) is 0 Å². The van der Waals surface area contributed by atoms with Gasteiger partial charge in [0.1, 0.15) is 11.6 Å². The number of nitrogens with zero attached hydrogens (tertiary/aromatic N) is 3. The number of rotatable bonds is 4. The Morgan fingerprint density at radius 2 is 2.00 bits per heavy atom. The van der Waals surface area contributed by atoms with Crippen LogP contribution < -0.4 is 4.90 Å². The maximum Gasteiger partial charge on any atom is 0.416 e. The second kappa shape index (κ2) is 7.62. The third-order valence-electron chi connectivity index (χ3n) is 3.57. The van der Waals surface area contributed by atoms with Crippen molar-refractivity contribution in [3.05, 3.63) is 39.4 Å². The van der Waals surface area contributed by atoms with Gasteiger partial charge in [-0.25, -0.2) is 14.5 Å². The number of ether oxygens (including phenoxy) is 2. The highest BCUT2D eigenvalue weighted by molar-refractivity contribution is 6.10. The molecule has 1 unspecified atom stereocenters. The second-order valence-electron chi connectivity index (χ2n) is 5.02. The van der Waals surface area contributed by atoms with E-state index in [2.05, 4.69) is 0 Å². The summed E-state index contributed by atoms with van der Waals surface area (Å²) in [7, 11) is 0. The highest BCUT2D eigenvalue weighted by Gasteiger charge is 2.41. The first kappa shape index (κ1) is 18.9. The topological polar surface area (TPSA) is 143 Å². The van der Waals surface area contributed by atoms with Gasteiger partial charge in [0.05, 0.1) is 23.8 Å². The molecule has 0 saturated heterocycles. The van der Waals surface area contributed by atoms with Crippen LogP contribution >= 0.6 is 0 Å². The molecule has 0 radical (unpaired) electrons. The summed E-state index contributed by atoms with van der Waals surface area (Å²) in [5, 5.41) is 30.9. The second-order valence-corrected chi connectivity index (χ2v) is 5.02. The van der Waals surface area contributed by atoms with Gasteiger partial charge in [0.15, 0.2) is 6.23 Å². The molecule has 1 heterocycles. The molecule has 0 fully saturated rings. The number of carbonyl (C=O) groups is 2. The molecule has 1 aromatic rings. The Balaban J connectivity index is 2.73. The number of aliphatic hydroxyl groups is 1. The van der Waals surface area contributed by atoms with Gasteiger partial charge in [0.25, 0.3) is 5.69 Å². The van der Waals surface area contributed by atoms with Crippen molar-refractivity contribution in [1.29, 1.82) is 5.26 Å². The fourth-order valence-corrected chi connectivity index (χ4v) is 2.54. The molecule has 1 aliphatic heterocycles. The van der Waals surface area contributed by atoms with Crippen LogP contribution in [0.4, 0.5) is 16.2 Å². The summed E-state index contributed by atoms with van der Waals surface area (Å²) in [6.07, 6.45) is -2.66. The molecule has 2 rings (SSSR count). The number of aliphatic hydroxyl groups excluding tert-OH is 1. The number of hydrogen-bond donors (Lipinski definition) is 1. The van der Waals surface area contributed by atoms with Gasteiger partial charge < -0.3 is 14.6 Å². The Labute approximate surface area is 148 Å². The van der Waals surface area contributed by atoms with E-state index in [1.54, 1.807) is 13.0 Å². The smallest absolute Gasteiger partial charge is 0.416 e. The summed E-state index contributed by atoms with van der Waals surface area (Å²) in [6.45, 7) is 3.10. The average Bonchev–Trinajstić information content (AvgIpc) is 2.88. The van der Waals surface area contributed by atoms with Gasteiger partial charge in [-0.05, 0) is 19.9 Å². The molecule has 10 nitrogen and oxygen atoms in total. The first-order valence-corrected chi connectivity index (χ1v) is 7.61. The van der Waals surface area contributed by atoms with Crippen LogP contribution in [0.15, 0.2) is 23.8 Å². The van der Waals surface area contributed by atoms with Gasteiger partial charge in [0.2, 0.25) is 0 Å². The molecule has 10 heteroatoms. The normalized spacial score (nSPS) is 17.2. The van der Waals surface area contributed by atoms with Crippen LogP contribution in [0.25, 0.3) is 5.57 Å². The Kier molecular flexibility index (Phi) is 5.54. The minimum absolute atomic E-state index is 0.00403. The van der Waals surface area contributed by atoms with E-state index in [9.17, 15) is 30.1 Å². The minimum atomic E-state index is -1.73. The number of anilines is 1. The summed E-state index contributed by atoms with van der Waals surface area (Å²) in [6, 6.07) is 5.08. The van der Waals surface area contributed by atoms with Crippen molar-refractivity contribution in [2.24, 2.45) is 0 Å². The van der Waals surface area contributed by atoms with Crippen molar-refractivity contribution in [2.75, 3.05) is 18.1 Å². The average molecular weight is 361 g/mol. The summed E-state index contributed by atoms with van der Waals surface area (Å²) < 4.78 is 9.66. The van der Waals surface area contributed by atoms with E-state index >= 15 is 0 Å². The van der Waals surface area contributed by atoms with Gasteiger partial charge in [-0.1, -0.05) is 0 Å². The van der Waals surface area contributed by atoms with Crippen molar-refractivity contribution >= 4 is 29.0 Å². The number of nitriles is 1. The van der Waals surface area contributed by atoms with Gasteiger partial charge in [0, 0.05) is 23.3 Å². The predicted molar refractivity (Wildman–Crippen MR) is 87.8 cm³/mol. The van der Waals surface area contributed by atoms with Crippen LogP contribution in [0.1, 0.15) is 19.4 Å². The zero-order chi connectivity index (χ0) is 19.4. The van der Waals surface area contributed by atoms with Crippen molar-refractivity contribution in [3.8, 4) is 6.07 Å². The third-order valence-corrected chi connectivity index (χ3v) is 3.57. The number of hydrogen-bond acceptors (Lipinski definition) is 8. The number of nitro benzene ring substituents is 1. The van der Waals surface area contributed by atoms with E-state index in [0.29, 0.717) is 0 Å². The highest BCUT2D eigenvalue weighted by atomic mass is 16.6. The van der Waals surface area contributed by atoms with E-state index < -0.39 is 28.8 Å². The van der Waals surface area contributed by atoms with E-state index in [4.69, 9.17) is 9.47 Å². The van der Waals surface area contributed by atoms with Gasteiger partial charge in [-0.2, -0.15) is 5.26 Å². The fourth-order valence-electron chi connectivity index (χ4n) is 2.54. The van der Waals surface area contributed by atoms with Gasteiger partial charge >= 0.3 is 12.1 Å². The van der Waals surface area contributed by atoms with Gasteiger partial charge in [-0.15, -0.1) is 0 Å². The fraction of sp³-hybridized carbons (Fsp3) is 0.312. The molecule has 1 N–H and O–H groups in total. The lowest BCUT2D eigenvalue weighted by molar-refractivity contribution is -0.384. The number of nitro groups is 1. The highest BCUT2D eigenvalue weighted by Crippen LogP contribution is 2.43. The zero-order valence-corrected chi connectivity index (χ0v) is 14.0. The standard InChI is InChI=1S/C16H15N3O7/c1-3-25-15(21)11(8-17)13-10-7-9(19(23)24)5-6-12(10)18(14(13)20)16(22)26-4-2/h5-7,14,20H,3-4H2,1-2H3/b13-11-. The summed E-state index contributed by atoms with van der Waals surface area (Å²) in [5.74, 6) is -1.01. The summed E-state index contributed by atoms with van der Waals surface area (Å²) in [5.41, 5.74) is -1.05. The first-order valence-electron chi connectivity index (χ1n) is 7.61. The Morgan fingerprint density at radius 1 is 1.35 bits per heavy atom. The summed E-state index contributed by atoms with van der Waals surface area (Å²) in [4.78, 5) is 35.4. The number of amides is 1. The van der Waals surface area contributed by atoms with Crippen LogP contribution in [0.3, 0.4) is 0 Å². The Bertz CT molecular complexity index is 841. The summed E-state index contributed by atoms with van der Waals surface area (Å²) >= 11 is 0. The molecular weight excluding hydrogens is 346 g/mol. The molecule has 0 saturated carbocycles. The minimum Gasteiger partial charge on any atom is -0.462 e. The van der Waals surface area contributed by atoms with Crippen LogP contribution in [-0.2, 0) is 14.3 Å². The zero-order valence-electron chi connectivity index (χ0n) is 14.0.